The van der Waals surface area contributed by atoms with Crippen molar-refractivity contribution in [2.45, 2.75) is 0 Å². The number of aromatic nitrogens is 5. The van der Waals surface area contributed by atoms with Crippen LogP contribution in [0.1, 0.15) is 0 Å². The summed E-state index contributed by atoms with van der Waals surface area (Å²) < 4.78 is 4.66. The highest BCUT2D eigenvalue weighted by Crippen LogP contribution is 2.50. The van der Waals surface area contributed by atoms with Crippen LogP contribution in [-0.2, 0) is 0 Å². The molecule has 0 saturated heterocycles. The lowest BCUT2D eigenvalue weighted by molar-refractivity contribution is 0.954. The van der Waals surface area contributed by atoms with E-state index < -0.39 is 0 Å². The number of benzene rings is 7. The standard InChI is InChI=1S/C45H28N6/c1-4-15-29(16-5-1)43-46-44(30-17-6-2-7-18-30)48-45(47-43)51-36-23-11-10-21-32(36)34-27-40-35(28-41(34)51)33-22-14-26-39-42(33)50(40)38-25-13-12-24-37(38)49(39)31-19-8-3-9-20-31/h1-28H. The minimum Gasteiger partial charge on any atom is -0.306 e. The first-order valence-corrected chi connectivity index (χ1v) is 17.1. The second kappa shape index (κ2) is 10.7. The summed E-state index contributed by atoms with van der Waals surface area (Å²) in [6, 6.07) is 59.6. The summed E-state index contributed by atoms with van der Waals surface area (Å²) in [4.78, 5) is 17.7. The number of hydrogen-bond acceptors (Lipinski definition) is 4. The van der Waals surface area contributed by atoms with Gasteiger partial charge in [0.2, 0.25) is 5.95 Å². The summed E-state index contributed by atoms with van der Waals surface area (Å²) in [7, 11) is 0. The highest BCUT2D eigenvalue weighted by atomic mass is 15.2. The van der Waals surface area contributed by atoms with E-state index in [1.807, 2.05) is 60.7 Å². The Balaban J connectivity index is 1.24. The van der Waals surface area contributed by atoms with Crippen molar-refractivity contribution in [3.8, 4) is 34.4 Å². The third kappa shape index (κ3) is 4.07. The van der Waals surface area contributed by atoms with Gasteiger partial charge in [0, 0.05) is 38.4 Å². The van der Waals surface area contributed by atoms with Gasteiger partial charge in [0.05, 0.1) is 39.1 Å². The summed E-state index contributed by atoms with van der Waals surface area (Å²) >= 11 is 0. The molecule has 0 spiro atoms. The van der Waals surface area contributed by atoms with E-state index in [0.717, 1.165) is 55.7 Å². The molecule has 11 rings (SSSR count). The quantitative estimate of drug-likeness (QED) is 0.190. The van der Waals surface area contributed by atoms with Crippen LogP contribution in [0.3, 0.4) is 0 Å². The fourth-order valence-electron chi connectivity index (χ4n) is 7.88. The molecule has 6 heteroatoms. The lowest BCUT2D eigenvalue weighted by atomic mass is 10.1. The van der Waals surface area contributed by atoms with Crippen molar-refractivity contribution in [2.24, 2.45) is 0 Å². The van der Waals surface area contributed by atoms with Gasteiger partial charge in [-0.25, -0.2) is 4.98 Å². The molecule has 10 aromatic rings. The molecule has 238 valence electrons. The van der Waals surface area contributed by atoms with Crippen LogP contribution in [-0.4, -0.2) is 24.1 Å². The molecule has 0 saturated carbocycles. The number of anilines is 3. The molecule has 0 fully saturated rings. The Kier molecular flexibility index (Phi) is 5.86. The predicted octanol–water partition coefficient (Wildman–Crippen LogP) is 11.2. The molecule has 1 aliphatic heterocycles. The molecule has 51 heavy (non-hydrogen) atoms. The average molecular weight is 653 g/mol. The Morgan fingerprint density at radius 3 is 1.59 bits per heavy atom. The van der Waals surface area contributed by atoms with Gasteiger partial charge < -0.3 is 9.47 Å². The van der Waals surface area contributed by atoms with Crippen molar-refractivity contribution in [3.63, 3.8) is 0 Å². The van der Waals surface area contributed by atoms with Crippen molar-refractivity contribution in [1.82, 2.24) is 24.1 Å². The summed E-state index contributed by atoms with van der Waals surface area (Å²) in [6.45, 7) is 0. The van der Waals surface area contributed by atoms with Crippen molar-refractivity contribution in [1.29, 1.82) is 0 Å². The molecule has 1 aliphatic rings. The van der Waals surface area contributed by atoms with Gasteiger partial charge >= 0.3 is 0 Å². The van der Waals surface area contributed by atoms with E-state index in [1.54, 1.807) is 0 Å². The first-order chi connectivity index (χ1) is 25.3. The maximum Gasteiger partial charge on any atom is 0.238 e. The third-order valence-corrected chi connectivity index (χ3v) is 10.1. The van der Waals surface area contributed by atoms with Crippen molar-refractivity contribution >= 4 is 60.7 Å². The predicted molar refractivity (Wildman–Crippen MR) is 208 cm³/mol. The number of rotatable bonds is 4. The van der Waals surface area contributed by atoms with Crippen molar-refractivity contribution in [2.75, 3.05) is 4.90 Å². The first kappa shape index (κ1) is 27.9. The molecule has 4 heterocycles. The van der Waals surface area contributed by atoms with Gasteiger partial charge in [-0.3, -0.25) is 4.57 Å². The zero-order chi connectivity index (χ0) is 33.5. The lowest BCUT2D eigenvalue weighted by Crippen LogP contribution is -2.17. The van der Waals surface area contributed by atoms with E-state index in [9.17, 15) is 0 Å². The molecule has 0 amide bonds. The van der Waals surface area contributed by atoms with Crippen LogP contribution < -0.4 is 4.90 Å². The monoisotopic (exact) mass is 652 g/mol. The second-order valence-corrected chi connectivity index (χ2v) is 12.9. The normalized spacial score (nSPS) is 12.3. The molecular weight excluding hydrogens is 625 g/mol. The highest BCUT2D eigenvalue weighted by molar-refractivity contribution is 6.22. The lowest BCUT2D eigenvalue weighted by Gasteiger charge is -2.33. The molecule has 3 aromatic heterocycles. The average Bonchev–Trinajstić information content (AvgIpc) is 3.71. The van der Waals surface area contributed by atoms with E-state index in [1.165, 1.54) is 21.8 Å². The Bertz CT molecular complexity index is 2910. The van der Waals surface area contributed by atoms with Crippen molar-refractivity contribution < 1.29 is 0 Å². The second-order valence-electron chi connectivity index (χ2n) is 12.9. The smallest absolute Gasteiger partial charge is 0.238 e. The van der Waals surface area contributed by atoms with Gasteiger partial charge in [-0.1, -0.05) is 121 Å². The van der Waals surface area contributed by atoms with E-state index in [0.29, 0.717) is 17.6 Å². The van der Waals surface area contributed by atoms with E-state index in [4.69, 9.17) is 15.0 Å². The molecule has 0 radical (unpaired) electrons. The Hall–Kier alpha value is -7.05. The molecule has 0 unspecified atom stereocenters. The molecule has 7 aromatic carbocycles. The van der Waals surface area contributed by atoms with E-state index in [-0.39, 0.29) is 0 Å². The minimum atomic E-state index is 0.586. The van der Waals surface area contributed by atoms with Crippen LogP contribution in [0.5, 0.6) is 0 Å². The first-order valence-electron chi connectivity index (χ1n) is 17.1. The van der Waals surface area contributed by atoms with E-state index >= 15 is 0 Å². The van der Waals surface area contributed by atoms with Gasteiger partial charge in [0.25, 0.3) is 0 Å². The van der Waals surface area contributed by atoms with Crippen LogP contribution in [0.15, 0.2) is 170 Å². The summed E-state index contributed by atoms with van der Waals surface area (Å²) in [5, 5.41) is 4.66. The number of nitrogens with zero attached hydrogens (tertiary/aromatic N) is 6. The molecular formula is C45H28N6. The summed E-state index contributed by atoms with van der Waals surface area (Å²) in [5.74, 6) is 1.86. The number of hydrogen-bond donors (Lipinski definition) is 0. The van der Waals surface area contributed by atoms with Gasteiger partial charge in [-0.15, -0.1) is 0 Å². The summed E-state index contributed by atoms with van der Waals surface area (Å²) in [5.41, 5.74) is 10.9. The summed E-state index contributed by atoms with van der Waals surface area (Å²) in [6.07, 6.45) is 0. The molecule has 0 bridgehead atoms. The van der Waals surface area contributed by atoms with Crippen LogP contribution in [0, 0.1) is 0 Å². The Morgan fingerprint density at radius 1 is 0.353 bits per heavy atom. The van der Waals surface area contributed by atoms with Crippen molar-refractivity contribution in [3.05, 3.63) is 170 Å². The number of fused-ring (bicyclic) bond motifs is 8. The Morgan fingerprint density at radius 2 is 0.882 bits per heavy atom. The molecule has 6 nitrogen and oxygen atoms in total. The zero-order valence-electron chi connectivity index (χ0n) is 27.3. The Labute approximate surface area is 293 Å². The van der Waals surface area contributed by atoms with Crippen LogP contribution in [0.25, 0.3) is 78.0 Å². The molecule has 0 N–H and O–H groups in total. The fraction of sp³-hybridized carbons (Fsp3) is 0. The topological polar surface area (TPSA) is 51.8 Å². The third-order valence-electron chi connectivity index (χ3n) is 10.1. The largest absolute Gasteiger partial charge is 0.306 e. The molecule has 0 aliphatic carbocycles. The van der Waals surface area contributed by atoms with Crippen LogP contribution >= 0.6 is 0 Å². The maximum absolute atomic E-state index is 5.16. The fourth-order valence-corrected chi connectivity index (χ4v) is 7.88. The van der Waals surface area contributed by atoms with Gasteiger partial charge in [-0.2, -0.15) is 9.97 Å². The number of para-hydroxylation sites is 5. The van der Waals surface area contributed by atoms with Gasteiger partial charge in [0.1, 0.15) is 0 Å². The zero-order valence-corrected chi connectivity index (χ0v) is 27.3. The maximum atomic E-state index is 5.16. The minimum absolute atomic E-state index is 0.586. The highest BCUT2D eigenvalue weighted by Gasteiger charge is 2.29. The van der Waals surface area contributed by atoms with Gasteiger partial charge in [0.15, 0.2) is 11.6 Å². The molecule has 0 atom stereocenters. The SMILES string of the molecule is c1ccc(-c2nc(-c3ccccc3)nc(-n3c4ccccc4c4cc5c(cc43)c3cccc4c3n5-c3ccccc3N4c3ccccc3)n2)cc1. The van der Waals surface area contributed by atoms with Gasteiger partial charge in [-0.05, 0) is 48.5 Å². The van der Waals surface area contributed by atoms with Crippen LogP contribution in [0.2, 0.25) is 0 Å². The van der Waals surface area contributed by atoms with Crippen LogP contribution in [0.4, 0.5) is 17.1 Å². The van der Waals surface area contributed by atoms with E-state index in [2.05, 4.69) is 123 Å².